The maximum Gasteiger partial charge on any atom is 0.334 e. The van der Waals surface area contributed by atoms with Crippen LogP contribution in [0.4, 0.5) is 0 Å². The Morgan fingerprint density at radius 3 is 2.60 bits per heavy atom. The Morgan fingerprint density at radius 1 is 1.32 bits per heavy atom. The summed E-state index contributed by atoms with van der Waals surface area (Å²) in [5, 5.41) is 10.2. The zero-order valence-corrected chi connectivity index (χ0v) is 15.9. The number of hydrogen-bond acceptors (Lipinski definition) is 4. The molecule has 0 heterocycles. The molecule has 2 rings (SSSR count). The predicted octanol–water partition coefficient (Wildman–Crippen LogP) is 3.90. The van der Waals surface area contributed by atoms with E-state index in [-0.39, 0.29) is 17.6 Å². The first-order valence-electron chi connectivity index (χ1n) is 9.04. The van der Waals surface area contributed by atoms with Crippen molar-refractivity contribution in [3.63, 3.8) is 0 Å². The van der Waals surface area contributed by atoms with Crippen molar-refractivity contribution in [2.45, 2.75) is 65.4 Å². The molecule has 0 spiro atoms. The van der Waals surface area contributed by atoms with Gasteiger partial charge >= 0.3 is 5.97 Å². The summed E-state index contributed by atoms with van der Waals surface area (Å²) in [4.78, 5) is 25.3. The van der Waals surface area contributed by atoms with E-state index >= 15 is 0 Å². The van der Waals surface area contributed by atoms with Gasteiger partial charge < -0.3 is 9.84 Å². The molecular formula is C21H30O4. The van der Waals surface area contributed by atoms with Crippen molar-refractivity contribution < 1.29 is 19.4 Å². The van der Waals surface area contributed by atoms with Crippen molar-refractivity contribution in [1.82, 2.24) is 0 Å². The van der Waals surface area contributed by atoms with Gasteiger partial charge in [-0.05, 0) is 50.4 Å². The van der Waals surface area contributed by atoms with Crippen LogP contribution in [-0.4, -0.2) is 30.1 Å². The van der Waals surface area contributed by atoms with Crippen LogP contribution >= 0.6 is 0 Å². The van der Waals surface area contributed by atoms with Gasteiger partial charge in [0, 0.05) is 17.6 Å². The number of carbonyl (C=O) groups excluding carboxylic acids is 2. The van der Waals surface area contributed by atoms with Crippen LogP contribution in [-0.2, 0) is 14.3 Å². The molecule has 0 fully saturated rings. The maximum atomic E-state index is 13.1. The number of ether oxygens (including phenoxy) is 1. The molecule has 0 saturated heterocycles. The number of allylic oxidation sites excluding steroid dienone is 2. The third kappa shape index (κ3) is 4.30. The highest BCUT2D eigenvalue weighted by Gasteiger charge is 2.43. The lowest BCUT2D eigenvalue weighted by atomic mass is 9.62. The maximum absolute atomic E-state index is 13.1. The summed E-state index contributed by atoms with van der Waals surface area (Å²) in [6, 6.07) is 0. The van der Waals surface area contributed by atoms with Crippen molar-refractivity contribution >= 4 is 11.8 Å². The molecule has 1 unspecified atom stereocenters. The summed E-state index contributed by atoms with van der Waals surface area (Å²) in [5.74, 6) is -0.124. The first-order chi connectivity index (χ1) is 11.7. The largest absolute Gasteiger partial charge is 0.466 e. The van der Waals surface area contributed by atoms with Gasteiger partial charge in [0.25, 0.3) is 0 Å². The molecule has 2 bridgehead atoms. The first-order valence-corrected chi connectivity index (χ1v) is 9.04. The average molecular weight is 346 g/mol. The van der Waals surface area contributed by atoms with E-state index in [1.54, 1.807) is 6.08 Å². The fourth-order valence-electron chi connectivity index (χ4n) is 4.32. The number of fused-ring (bicyclic) bond motifs is 2. The van der Waals surface area contributed by atoms with Crippen LogP contribution in [0.3, 0.4) is 0 Å². The van der Waals surface area contributed by atoms with Gasteiger partial charge in [0.1, 0.15) is 0 Å². The van der Waals surface area contributed by atoms with E-state index in [0.717, 1.165) is 30.4 Å². The summed E-state index contributed by atoms with van der Waals surface area (Å²) in [5.41, 5.74) is 2.61. The van der Waals surface area contributed by atoms with Gasteiger partial charge in [0.15, 0.2) is 5.78 Å². The molecule has 25 heavy (non-hydrogen) atoms. The summed E-state index contributed by atoms with van der Waals surface area (Å²) >= 11 is 0. The van der Waals surface area contributed by atoms with Crippen LogP contribution in [0, 0.1) is 11.3 Å². The lowest BCUT2D eigenvalue weighted by Gasteiger charge is -2.41. The van der Waals surface area contributed by atoms with E-state index in [0.29, 0.717) is 29.9 Å². The molecule has 0 radical (unpaired) electrons. The number of methoxy groups -OCH3 is 1. The highest BCUT2D eigenvalue weighted by atomic mass is 16.5. The number of carbonyl (C=O) groups is 2. The van der Waals surface area contributed by atoms with Crippen LogP contribution in [0.2, 0.25) is 0 Å². The molecular weight excluding hydrogens is 316 g/mol. The van der Waals surface area contributed by atoms with Crippen LogP contribution in [0.15, 0.2) is 34.9 Å². The van der Waals surface area contributed by atoms with Gasteiger partial charge in [-0.1, -0.05) is 37.6 Å². The highest BCUT2D eigenvalue weighted by molar-refractivity contribution is 6.05. The minimum Gasteiger partial charge on any atom is -0.466 e. The van der Waals surface area contributed by atoms with Gasteiger partial charge in [0.2, 0.25) is 0 Å². The molecule has 0 aromatic heterocycles. The SMILES string of the molecule is C=C1CC[C@@H]2CCC(C(=O)OC)=C(C(=O)C/C(C)=C/C(O)C1)C2(C)C. The minimum atomic E-state index is -0.610. The molecule has 2 aliphatic rings. The van der Waals surface area contributed by atoms with Gasteiger partial charge in [-0.2, -0.15) is 0 Å². The Labute approximate surface area is 150 Å². The monoisotopic (exact) mass is 346 g/mol. The summed E-state index contributed by atoms with van der Waals surface area (Å²) in [7, 11) is 1.36. The Balaban J connectivity index is 2.53. The van der Waals surface area contributed by atoms with Gasteiger partial charge in [-0.3, -0.25) is 4.79 Å². The smallest absolute Gasteiger partial charge is 0.334 e. The van der Waals surface area contributed by atoms with Crippen molar-refractivity contribution in [1.29, 1.82) is 0 Å². The molecule has 0 saturated carbocycles. The standard InChI is InChI=1S/C21H30O4/c1-13-6-7-15-8-9-17(20(24)25-5)19(21(15,3)4)18(23)12-14(2)11-16(22)10-13/h11,15-16,22H,1,6-10,12H2,2-5H3/b14-11+/t15-,16?/m1/s1. The molecule has 138 valence electrons. The van der Waals surface area contributed by atoms with Crippen molar-refractivity contribution in [2.24, 2.45) is 11.3 Å². The van der Waals surface area contributed by atoms with E-state index in [2.05, 4.69) is 20.4 Å². The number of hydrogen-bond donors (Lipinski definition) is 1. The normalized spacial score (nSPS) is 30.0. The summed E-state index contributed by atoms with van der Waals surface area (Å²) in [6.07, 6.45) is 5.06. The van der Waals surface area contributed by atoms with Crippen LogP contribution < -0.4 is 0 Å². The van der Waals surface area contributed by atoms with Crippen LogP contribution in [0.5, 0.6) is 0 Å². The van der Waals surface area contributed by atoms with Gasteiger partial charge in [-0.15, -0.1) is 0 Å². The van der Waals surface area contributed by atoms with Gasteiger partial charge in [0.05, 0.1) is 13.2 Å². The topological polar surface area (TPSA) is 63.6 Å². The Hall–Kier alpha value is -1.68. The zero-order chi connectivity index (χ0) is 18.8. The minimum absolute atomic E-state index is 0.0320. The Morgan fingerprint density at radius 2 is 1.96 bits per heavy atom. The molecule has 2 aliphatic carbocycles. The predicted molar refractivity (Wildman–Crippen MR) is 97.9 cm³/mol. The third-order valence-electron chi connectivity index (χ3n) is 5.68. The van der Waals surface area contributed by atoms with E-state index in [1.165, 1.54) is 7.11 Å². The lowest BCUT2D eigenvalue weighted by molar-refractivity contribution is -0.137. The van der Waals surface area contributed by atoms with E-state index in [1.807, 2.05) is 6.92 Å². The fraction of sp³-hybridized carbons (Fsp3) is 0.619. The van der Waals surface area contributed by atoms with Crippen molar-refractivity contribution in [3.05, 3.63) is 34.9 Å². The molecule has 4 nitrogen and oxygen atoms in total. The zero-order valence-electron chi connectivity index (χ0n) is 15.9. The number of aliphatic hydroxyl groups excluding tert-OH is 1. The van der Waals surface area contributed by atoms with Crippen LogP contribution in [0.25, 0.3) is 0 Å². The van der Waals surface area contributed by atoms with E-state index in [9.17, 15) is 14.7 Å². The number of esters is 1. The molecule has 0 aliphatic heterocycles. The van der Waals surface area contributed by atoms with Gasteiger partial charge in [-0.25, -0.2) is 4.79 Å². The second-order valence-corrected chi connectivity index (χ2v) is 7.98. The Kier molecular flexibility index (Phi) is 6.04. The second-order valence-electron chi connectivity index (χ2n) is 7.98. The molecule has 2 atom stereocenters. The quantitative estimate of drug-likeness (QED) is 0.578. The van der Waals surface area contributed by atoms with E-state index in [4.69, 9.17) is 4.74 Å². The average Bonchev–Trinajstić information content (AvgIpc) is 2.50. The highest BCUT2D eigenvalue weighted by Crippen LogP contribution is 2.48. The lowest BCUT2D eigenvalue weighted by Crippen LogP contribution is -2.37. The number of rotatable bonds is 1. The molecule has 0 amide bonds. The number of aliphatic hydroxyl groups is 1. The van der Waals surface area contributed by atoms with Crippen molar-refractivity contribution in [2.75, 3.05) is 7.11 Å². The summed E-state index contributed by atoms with van der Waals surface area (Å²) < 4.78 is 4.94. The molecule has 4 heteroatoms. The number of ketones is 1. The Bertz CT molecular complexity index is 636. The molecule has 0 aromatic carbocycles. The van der Waals surface area contributed by atoms with Crippen LogP contribution in [0.1, 0.15) is 59.3 Å². The van der Waals surface area contributed by atoms with Crippen molar-refractivity contribution in [3.8, 4) is 0 Å². The molecule has 0 aromatic rings. The number of Topliss-reactive ketones (excluding diaryl/α,β-unsaturated/α-hetero) is 1. The second kappa shape index (κ2) is 7.69. The first kappa shape index (κ1) is 19.6. The molecule has 1 N–H and O–H groups in total. The van der Waals surface area contributed by atoms with E-state index < -0.39 is 12.1 Å². The summed E-state index contributed by atoms with van der Waals surface area (Å²) in [6.45, 7) is 10.1. The fourth-order valence-corrected chi connectivity index (χ4v) is 4.32. The third-order valence-corrected chi connectivity index (χ3v) is 5.68.